The Morgan fingerprint density at radius 2 is 2.12 bits per heavy atom. The van der Waals surface area contributed by atoms with Gasteiger partial charge >= 0.3 is 0 Å². The minimum Gasteiger partial charge on any atom is -0.390 e. The Balaban J connectivity index is 1.93. The Labute approximate surface area is 153 Å². The molecular weight excluding hydrogens is 340 g/mol. The largest absolute Gasteiger partial charge is 0.390 e. The second-order valence-electron chi connectivity index (χ2n) is 7.08. The summed E-state index contributed by atoms with van der Waals surface area (Å²) in [7, 11) is 3.43. The molecule has 1 fully saturated rings. The van der Waals surface area contributed by atoms with Crippen molar-refractivity contribution >= 4 is 23.2 Å². The number of carbonyl (C=O) groups is 2. The average molecular weight is 369 g/mol. The average Bonchev–Trinajstić information content (AvgIpc) is 2.92. The van der Waals surface area contributed by atoms with Crippen molar-refractivity contribution in [1.29, 1.82) is 0 Å². The third kappa shape index (κ3) is 4.99. The van der Waals surface area contributed by atoms with Crippen molar-refractivity contribution in [2.45, 2.75) is 45.3 Å². The van der Waals surface area contributed by atoms with E-state index in [0.29, 0.717) is 24.4 Å². The molecule has 7 nitrogen and oxygen atoms in total. The Morgan fingerprint density at radius 1 is 1.44 bits per heavy atom. The summed E-state index contributed by atoms with van der Waals surface area (Å²) < 4.78 is 0. The molecule has 0 spiro atoms. The van der Waals surface area contributed by atoms with Gasteiger partial charge in [0.2, 0.25) is 5.91 Å². The number of nitrogens with zero attached hydrogens (tertiary/aromatic N) is 3. The van der Waals surface area contributed by atoms with Crippen LogP contribution in [0.4, 0.5) is 0 Å². The number of aromatic nitrogens is 1. The zero-order valence-corrected chi connectivity index (χ0v) is 16.4. The molecule has 2 amide bonds. The second-order valence-corrected chi connectivity index (χ2v) is 8.11. The third-order valence-electron chi connectivity index (χ3n) is 4.35. The molecule has 0 radical (unpaired) electrons. The number of likely N-dealkylation sites (N-methyl/N-ethyl adjacent to an activating group) is 1. The lowest BCUT2D eigenvalue weighted by Crippen LogP contribution is -2.55. The Kier molecular flexibility index (Phi) is 6.53. The first-order chi connectivity index (χ1) is 11.7. The number of aryl methyl sites for hydroxylation is 1. The molecule has 0 aromatic carbocycles. The molecule has 8 heteroatoms. The molecule has 0 aliphatic carbocycles. The highest BCUT2D eigenvalue weighted by Crippen LogP contribution is 2.25. The van der Waals surface area contributed by atoms with Crippen LogP contribution in [0.2, 0.25) is 0 Å². The first-order valence-corrected chi connectivity index (χ1v) is 9.39. The van der Waals surface area contributed by atoms with E-state index in [2.05, 4.69) is 24.1 Å². The fraction of sp³-hybridized carbons (Fsp3) is 0.706. The number of piperidine rings is 1. The molecule has 1 aliphatic rings. The van der Waals surface area contributed by atoms with Gasteiger partial charge in [-0.15, -0.1) is 11.3 Å². The fourth-order valence-corrected chi connectivity index (χ4v) is 3.72. The van der Waals surface area contributed by atoms with Crippen molar-refractivity contribution in [3.8, 4) is 0 Å². The summed E-state index contributed by atoms with van der Waals surface area (Å²) in [6.07, 6.45) is -0.0758. The van der Waals surface area contributed by atoms with Gasteiger partial charge in [0.25, 0.3) is 5.91 Å². The molecule has 140 valence electrons. The number of nitrogens with one attached hydrogen (secondary N) is 1. The van der Waals surface area contributed by atoms with Crippen LogP contribution >= 0.6 is 11.3 Å². The van der Waals surface area contributed by atoms with Crippen LogP contribution < -0.4 is 5.32 Å². The van der Waals surface area contributed by atoms with Gasteiger partial charge in [-0.1, -0.05) is 13.8 Å². The minimum absolute atomic E-state index is 0.0104. The van der Waals surface area contributed by atoms with Crippen LogP contribution in [0.5, 0.6) is 0 Å². The van der Waals surface area contributed by atoms with Gasteiger partial charge in [-0.3, -0.25) is 14.5 Å². The summed E-state index contributed by atoms with van der Waals surface area (Å²) in [5, 5.41) is 14.2. The predicted molar refractivity (Wildman–Crippen MR) is 98.0 cm³/mol. The van der Waals surface area contributed by atoms with E-state index >= 15 is 0 Å². The summed E-state index contributed by atoms with van der Waals surface area (Å²) in [4.78, 5) is 32.8. The summed E-state index contributed by atoms with van der Waals surface area (Å²) >= 11 is 1.41. The molecule has 1 aromatic heterocycles. The first kappa shape index (κ1) is 19.8. The summed E-state index contributed by atoms with van der Waals surface area (Å²) in [6, 6.07) is -0.304. The maximum absolute atomic E-state index is 12.5. The molecule has 0 bridgehead atoms. The molecular formula is C17H28N4O3S. The molecule has 2 N–H and O–H groups in total. The van der Waals surface area contributed by atoms with E-state index in [0.717, 1.165) is 10.7 Å². The van der Waals surface area contributed by atoms with Gasteiger partial charge in [0.05, 0.1) is 29.4 Å². The lowest BCUT2D eigenvalue weighted by molar-refractivity contribution is -0.130. The molecule has 0 saturated carbocycles. The monoisotopic (exact) mass is 368 g/mol. The summed E-state index contributed by atoms with van der Waals surface area (Å²) in [5.41, 5.74) is 0.731. The number of aliphatic hydroxyl groups excluding tert-OH is 1. The summed E-state index contributed by atoms with van der Waals surface area (Å²) in [5.74, 6) is 0.119. The number of β-amino-alcohol motifs (C(OH)–C–C–N with tert-alkyl or cyclic N) is 1. The number of hydrogen-bond donors (Lipinski definition) is 2. The third-order valence-corrected chi connectivity index (χ3v) is 5.81. The Morgan fingerprint density at radius 3 is 2.64 bits per heavy atom. The highest BCUT2D eigenvalue weighted by atomic mass is 32.1. The molecule has 1 aromatic rings. The predicted octanol–water partition coefficient (Wildman–Crippen LogP) is 0.828. The molecule has 1 aliphatic heterocycles. The molecule has 25 heavy (non-hydrogen) atoms. The van der Waals surface area contributed by atoms with Crippen molar-refractivity contribution in [2.75, 3.05) is 33.7 Å². The van der Waals surface area contributed by atoms with Crippen LogP contribution in [-0.4, -0.2) is 77.6 Å². The minimum atomic E-state index is -0.689. The smallest absolute Gasteiger partial charge is 0.263 e. The van der Waals surface area contributed by atoms with Crippen molar-refractivity contribution in [2.24, 2.45) is 0 Å². The lowest BCUT2D eigenvalue weighted by atomic mass is 10.0. The van der Waals surface area contributed by atoms with Crippen LogP contribution in [0.15, 0.2) is 0 Å². The van der Waals surface area contributed by atoms with Crippen LogP contribution in [0.1, 0.15) is 46.6 Å². The number of amides is 2. The van der Waals surface area contributed by atoms with E-state index in [1.165, 1.54) is 11.3 Å². The van der Waals surface area contributed by atoms with Crippen LogP contribution in [0, 0.1) is 6.92 Å². The van der Waals surface area contributed by atoms with Crippen molar-refractivity contribution in [1.82, 2.24) is 20.1 Å². The SMILES string of the molecule is Cc1nc(C(C)C)sc1C(=O)N[C@@H]1CCN(CC(=O)N(C)C)C[C@H]1O. The number of thiazole rings is 1. The van der Waals surface area contributed by atoms with Gasteiger partial charge < -0.3 is 15.3 Å². The van der Waals surface area contributed by atoms with E-state index in [9.17, 15) is 14.7 Å². The van der Waals surface area contributed by atoms with Crippen LogP contribution in [0.25, 0.3) is 0 Å². The Hall–Kier alpha value is -1.51. The maximum atomic E-state index is 12.5. The molecule has 1 saturated heterocycles. The van der Waals surface area contributed by atoms with Gasteiger partial charge in [-0.05, 0) is 13.3 Å². The Bertz CT molecular complexity index is 629. The lowest BCUT2D eigenvalue weighted by Gasteiger charge is -2.36. The van der Waals surface area contributed by atoms with Crippen LogP contribution in [-0.2, 0) is 4.79 Å². The van der Waals surface area contributed by atoms with Gasteiger partial charge in [-0.25, -0.2) is 4.98 Å². The zero-order valence-electron chi connectivity index (χ0n) is 15.6. The van der Waals surface area contributed by atoms with Crippen molar-refractivity contribution in [3.63, 3.8) is 0 Å². The van der Waals surface area contributed by atoms with E-state index in [1.807, 2.05) is 11.8 Å². The van der Waals surface area contributed by atoms with Gasteiger partial charge in [-0.2, -0.15) is 0 Å². The van der Waals surface area contributed by atoms with E-state index in [-0.39, 0.29) is 30.3 Å². The molecule has 0 unspecified atom stereocenters. The first-order valence-electron chi connectivity index (χ1n) is 8.57. The van der Waals surface area contributed by atoms with E-state index < -0.39 is 6.10 Å². The second kappa shape index (κ2) is 8.25. The number of likely N-dealkylation sites (tertiary alicyclic amines) is 1. The van der Waals surface area contributed by atoms with Crippen molar-refractivity contribution < 1.29 is 14.7 Å². The van der Waals surface area contributed by atoms with E-state index in [1.54, 1.807) is 19.0 Å². The van der Waals surface area contributed by atoms with Gasteiger partial charge in [0.1, 0.15) is 4.88 Å². The highest BCUT2D eigenvalue weighted by molar-refractivity contribution is 7.13. The maximum Gasteiger partial charge on any atom is 0.263 e. The highest BCUT2D eigenvalue weighted by Gasteiger charge is 2.31. The molecule has 2 atom stereocenters. The van der Waals surface area contributed by atoms with Gasteiger partial charge in [0.15, 0.2) is 0 Å². The topological polar surface area (TPSA) is 85.8 Å². The van der Waals surface area contributed by atoms with Gasteiger partial charge in [0, 0.05) is 33.1 Å². The standard InChI is InChI=1S/C17H28N4O3S/c1-10(2)17-18-11(3)15(25-17)16(24)19-12-6-7-21(8-13(12)22)9-14(23)20(4)5/h10,12-13,22H,6-9H2,1-5H3,(H,19,24)/t12-,13-/m1/s1. The number of carbonyl (C=O) groups excluding carboxylic acids is 2. The zero-order chi connectivity index (χ0) is 18.7. The van der Waals surface area contributed by atoms with Crippen LogP contribution in [0.3, 0.4) is 0 Å². The van der Waals surface area contributed by atoms with Crippen molar-refractivity contribution in [3.05, 3.63) is 15.6 Å². The normalized spacial score (nSPS) is 21.4. The molecule has 2 rings (SSSR count). The summed E-state index contributed by atoms with van der Waals surface area (Å²) in [6.45, 7) is 7.27. The van der Waals surface area contributed by atoms with E-state index in [4.69, 9.17) is 0 Å². The number of aliphatic hydroxyl groups is 1. The fourth-order valence-electron chi connectivity index (χ4n) is 2.75. The number of hydrogen-bond acceptors (Lipinski definition) is 6. The molecule has 2 heterocycles. The quantitative estimate of drug-likeness (QED) is 0.804. The number of rotatable bonds is 5.